The molecule has 7 nitrogen and oxygen atoms in total. The van der Waals surface area contributed by atoms with Gasteiger partial charge in [-0.1, -0.05) is 36.4 Å². The maximum Gasteiger partial charge on any atom is 0.322 e. The van der Waals surface area contributed by atoms with Gasteiger partial charge in [0.1, 0.15) is 0 Å². The number of benzene rings is 2. The van der Waals surface area contributed by atoms with Gasteiger partial charge in [0, 0.05) is 36.9 Å². The molecule has 0 bridgehead atoms. The number of urea groups is 1. The first-order valence-corrected chi connectivity index (χ1v) is 11.6. The third-order valence-electron chi connectivity index (χ3n) is 7.14. The molecule has 2 aromatic carbocycles. The van der Waals surface area contributed by atoms with E-state index in [1.165, 1.54) is 0 Å². The van der Waals surface area contributed by atoms with E-state index < -0.39 is 0 Å². The van der Waals surface area contributed by atoms with Crippen molar-refractivity contribution in [2.75, 3.05) is 25.0 Å². The Morgan fingerprint density at radius 2 is 1.79 bits per heavy atom. The minimum atomic E-state index is -0.385. The fraction of sp³-hybridized carbons (Fsp3) is 0.308. The number of carbonyl (C=O) groups excluding carboxylic acids is 2. The van der Waals surface area contributed by atoms with Crippen LogP contribution in [0.4, 0.5) is 10.5 Å². The highest BCUT2D eigenvalue weighted by Gasteiger charge is 2.41. The van der Waals surface area contributed by atoms with Crippen LogP contribution in [0.25, 0.3) is 16.5 Å². The van der Waals surface area contributed by atoms with Crippen LogP contribution < -0.4 is 5.32 Å². The van der Waals surface area contributed by atoms with Crippen LogP contribution in [0, 0.1) is 5.92 Å². The summed E-state index contributed by atoms with van der Waals surface area (Å²) in [4.78, 5) is 30.6. The highest BCUT2D eigenvalue weighted by Crippen LogP contribution is 2.42. The Balaban J connectivity index is 1.42. The van der Waals surface area contributed by atoms with E-state index in [-0.39, 0.29) is 23.9 Å². The molecule has 3 heterocycles. The van der Waals surface area contributed by atoms with Crippen LogP contribution in [0.15, 0.2) is 60.8 Å². The molecule has 2 atom stereocenters. The van der Waals surface area contributed by atoms with Crippen LogP contribution in [0.3, 0.4) is 0 Å². The molecule has 33 heavy (non-hydrogen) atoms. The lowest BCUT2D eigenvalue weighted by atomic mass is 9.79. The lowest BCUT2D eigenvalue weighted by Crippen LogP contribution is -2.52. The lowest BCUT2D eigenvalue weighted by Gasteiger charge is -2.42. The third kappa shape index (κ3) is 3.26. The van der Waals surface area contributed by atoms with Crippen molar-refractivity contribution in [2.24, 2.45) is 5.92 Å². The van der Waals surface area contributed by atoms with Gasteiger partial charge in [-0.25, -0.2) is 4.79 Å². The molecule has 1 aromatic heterocycles. The molecule has 1 fully saturated rings. The zero-order valence-corrected chi connectivity index (χ0v) is 18.3. The Morgan fingerprint density at radius 3 is 2.58 bits per heavy atom. The summed E-state index contributed by atoms with van der Waals surface area (Å²) in [6.45, 7) is 1.91. The van der Waals surface area contributed by atoms with Crippen LogP contribution >= 0.6 is 0 Å². The van der Waals surface area contributed by atoms with E-state index in [0.29, 0.717) is 13.0 Å². The standard InChI is InChI=1S/C26H26N4O3/c31-25(28-11-4-5-12-28)18-13-21-20-9-6-10-22-24(20)17(16-30(22)33)14-23(21)29(15-18)26(32)27-19-7-2-1-3-8-19/h1-3,6-10,13,16,18,23,33H,4-5,11-12,14-15H2,(H,27,32)/t18-,23-/m1/s1. The quantitative estimate of drug-likeness (QED) is 0.590. The van der Waals surface area contributed by atoms with Gasteiger partial charge in [-0.15, -0.1) is 0 Å². The Hall–Kier alpha value is -3.74. The smallest absolute Gasteiger partial charge is 0.322 e. The summed E-state index contributed by atoms with van der Waals surface area (Å²) in [7, 11) is 0. The molecule has 168 valence electrons. The Morgan fingerprint density at radius 1 is 1.00 bits per heavy atom. The number of para-hydroxylation sites is 1. The number of aromatic nitrogens is 1. The summed E-state index contributed by atoms with van der Waals surface area (Å²) in [6, 6.07) is 14.8. The van der Waals surface area contributed by atoms with Crippen LogP contribution in [0.2, 0.25) is 0 Å². The largest absolute Gasteiger partial charge is 0.428 e. The maximum absolute atomic E-state index is 13.5. The fourth-order valence-electron chi connectivity index (χ4n) is 5.59. The molecule has 1 aliphatic carbocycles. The Labute approximate surface area is 191 Å². The second kappa shape index (κ2) is 7.69. The molecule has 0 unspecified atom stereocenters. The van der Waals surface area contributed by atoms with E-state index in [1.807, 2.05) is 53.4 Å². The van der Waals surface area contributed by atoms with Gasteiger partial charge in [0.15, 0.2) is 0 Å². The Kier molecular flexibility index (Phi) is 4.64. The lowest BCUT2D eigenvalue weighted by molar-refractivity contribution is -0.133. The van der Waals surface area contributed by atoms with Gasteiger partial charge >= 0.3 is 6.03 Å². The number of anilines is 1. The summed E-state index contributed by atoms with van der Waals surface area (Å²) in [5.74, 6) is -0.294. The number of rotatable bonds is 2. The number of likely N-dealkylation sites (tertiary alicyclic amines) is 1. The summed E-state index contributed by atoms with van der Waals surface area (Å²) < 4.78 is 1.16. The number of carbonyl (C=O) groups is 2. The van der Waals surface area contributed by atoms with Gasteiger partial charge in [0.05, 0.1) is 17.5 Å². The third-order valence-corrected chi connectivity index (χ3v) is 7.14. The monoisotopic (exact) mass is 442 g/mol. The van der Waals surface area contributed by atoms with Crippen molar-refractivity contribution in [2.45, 2.75) is 25.3 Å². The summed E-state index contributed by atoms with van der Waals surface area (Å²) in [6.07, 6.45) is 6.47. The first-order chi connectivity index (χ1) is 16.1. The zero-order valence-electron chi connectivity index (χ0n) is 18.3. The van der Waals surface area contributed by atoms with Crippen LogP contribution in [0.5, 0.6) is 0 Å². The van der Waals surface area contributed by atoms with Gasteiger partial charge in [0.25, 0.3) is 0 Å². The number of nitrogens with zero attached hydrogens (tertiary/aromatic N) is 3. The van der Waals surface area contributed by atoms with E-state index in [9.17, 15) is 14.8 Å². The molecule has 7 heteroatoms. The average Bonchev–Trinajstić information content (AvgIpc) is 3.48. The van der Waals surface area contributed by atoms with Gasteiger partial charge in [-0.2, -0.15) is 4.73 Å². The minimum absolute atomic E-state index is 0.0914. The number of hydrogen-bond donors (Lipinski definition) is 2. The van der Waals surface area contributed by atoms with Gasteiger partial charge < -0.3 is 20.3 Å². The first-order valence-electron chi connectivity index (χ1n) is 11.6. The number of fused-ring (bicyclic) bond motifs is 2. The van der Waals surface area contributed by atoms with Crippen molar-refractivity contribution in [3.63, 3.8) is 0 Å². The predicted octanol–water partition coefficient (Wildman–Crippen LogP) is 3.97. The molecule has 3 aromatic rings. The second-order valence-electron chi connectivity index (χ2n) is 9.13. The molecule has 0 spiro atoms. The predicted molar refractivity (Wildman–Crippen MR) is 126 cm³/mol. The van der Waals surface area contributed by atoms with E-state index in [2.05, 4.69) is 11.4 Å². The fourth-order valence-corrected chi connectivity index (χ4v) is 5.59. The molecule has 2 N–H and O–H groups in total. The van der Waals surface area contributed by atoms with Crippen molar-refractivity contribution in [1.29, 1.82) is 0 Å². The first kappa shape index (κ1) is 19.9. The molecule has 0 radical (unpaired) electrons. The van der Waals surface area contributed by atoms with Crippen molar-refractivity contribution in [3.8, 4) is 0 Å². The summed E-state index contributed by atoms with van der Waals surface area (Å²) in [5.41, 5.74) is 4.46. The highest BCUT2D eigenvalue weighted by atomic mass is 16.5. The van der Waals surface area contributed by atoms with Gasteiger partial charge in [-0.3, -0.25) is 4.79 Å². The molecular formula is C26H26N4O3. The molecular weight excluding hydrogens is 416 g/mol. The minimum Gasteiger partial charge on any atom is -0.428 e. The van der Waals surface area contributed by atoms with Gasteiger partial charge in [0.2, 0.25) is 5.91 Å². The van der Waals surface area contributed by atoms with E-state index in [4.69, 9.17) is 0 Å². The van der Waals surface area contributed by atoms with Crippen molar-refractivity contribution in [1.82, 2.24) is 14.5 Å². The average molecular weight is 443 g/mol. The van der Waals surface area contributed by atoms with Crippen molar-refractivity contribution >= 4 is 34.1 Å². The van der Waals surface area contributed by atoms with E-state index in [1.54, 1.807) is 11.1 Å². The normalized spacial score (nSPS) is 21.6. The zero-order chi connectivity index (χ0) is 22.5. The van der Waals surface area contributed by atoms with E-state index >= 15 is 0 Å². The van der Waals surface area contributed by atoms with Crippen LogP contribution in [0.1, 0.15) is 24.0 Å². The number of nitrogens with one attached hydrogen (secondary N) is 1. The van der Waals surface area contributed by atoms with Crippen LogP contribution in [-0.2, 0) is 11.2 Å². The van der Waals surface area contributed by atoms with Crippen molar-refractivity contribution in [3.05, 3.63) is 71.9 Å². The molecule has 2 aliphatic heterocycles. The second-order valence-corrected chi connectivity index (χ2v) is 9.13. The topological polar surface area (TPSA) is 77.8 Å². The summed E-state index contributed by atoms with van der Waals surface area (Å²) in [5, 5.41) is 14.4. The molecule has 1 saturated heterocycles. The highest BCUT2D eigenvalue weighted by molar-refractivity contribution is 6.01. The van der Waals surface area contributed by atoms with Crippen molar-refractivity contribution < 1.29 is 14.8 Å². The number of hydrogen-bond acceptors (Lipinski definition) is 3. The SMILES string of the molecule is O=C([C@@H]1C=C2c3cccc4c3c(cn4O)C[C@H]2N(C(=O)Nc2ccccc2)C1)N1CCCC1. The number of amides is 3. The maximum atomic E-state index is 13.5. The Bertz CT molecular complexity index is 1270. The van der Waals surface area contributed by atoms with E-state index in [0.717, 1.165) is 64.0 Å². The van der Waals surface area contributed by atoms with Crippen LogP contribution in [-0.4, -0.2) is 57.4 Å². The molecule has 3 amide bonds. The van der Waals surface area contributed by atoms with Gasteiger partial charge in [-0.05, 0) is 54.2 Å². The molecule has 6 rings (SSSR count). The molecule has 3 aliphatic rings. The molecule has 0 saturated carbocycles. The summed E-state index contributed by atoms with van der Waals surface area (Å²) >= 11 is 0.